The Labute approximate surface area is 115 Å². The molecule has 0 saturated carbocycles. The van der Waals surface area contributed by atoms with Crippen LogP contribution in [0.1, 0.15) is 28.3 Å². The molecule has 2 nitrogen and oxygen atoms in total. The first kappa shape index (κ1) is 13.8. The maximum Gasteiger partial charge on any atom is 0.0717 e. The van der Waals surface area contributed by atoms with Crippen LogP contribution >= 0.6 is 0 Å². The summed E-state index contributed by atoms with van der Waals surface area (Å²) in [5.41, 5.74) is 11.0. The molecule has 2 rings (SSSR count). The molecule has 1 atom stereocenters. The van der Waals surface area contributed by atoms with Crippen LogP contribution in [0.25, 0.3) is 0 Å². The van der Waals surface area contributed by atoms with Gasteiger partial charge in [0.1, 0.15) is 0 Å². The quantitative estimate of drug-likeness (QED) is 0.887. The second kappa shape index (κ2) is 6.50. The van der Waals surface area contributed by atoms with Crippen molar-refractivity contribution in [2.24, 2.45) is 5.73 Å². The van der Waals surface area contributed by atoms with Crippen molar-refractivity contribution in [3.63, 3.8) is 0 Å². The molecule has 0 aliphatic carbocycles. The Morgan fingerprint density at radius 2 is 1.74 bits per heavy atom. The lowest BCUT2D eigenvalue weighted by Gasteiger charge is -2.14. The second-order valence-electron chi connectivity index (χ2n) is 4.95. The second-order valence-corrected chi connectivity index (χ2v) is 4.95. The third kappa shape index (κ3) is 3.91. The molecular formula is C17H21NO. The minimum absolute atomic E-state index is 0.0667. The van der Waals surface area contributed by atoms with Crippen LogP contribution in [0, 0.1) is 13.8 Å². The van der Waals surface area contributed by atoms with E-state index in [1.807, 2.05) is 18.2 Å². The summed E-state index contributed by atoms with van der Waals surface area (Å²) in [6.45, 7) is 5.36. The Morgan fingerprint density at radius 1 is 1.00 bits per heavy atom. The fraction of sp³-hybridized carbons (Fsp3) is 0.294. The molecule has 0 saturated heterocycles. The van der Waals surface area contributed by atoms with Crippen LogP contribution in [0.3, 0.4) is 0 Å². The lowest BCUT2D eigenvalue weighted by Crippen LogP contribution is -2.17. The molecule has 2 aromatic carbocycles. The minimum atomic E-state index is -0.0667. The van der Waals surface area contributed by atoms with Crippen LogP contribution in [0.5, 0.6) is 0 Å². The van der Waals surface area contributed by atoms with Gasteiger partial charge in [-0.2, -0.15) is 0 Å². The van der Waals surface area contributed by atoms with Gasteiger partial charge in [-0.3, -0.25) is 0 Å². The molecule has 0 fully saturated rings. The molecule has 2 N–H and O–H groups in total. The molecule has 2 heteroatoms. The molecule has 0 heterocycles. The number of nitrogens with two attached hydrogens (primary N) is 1. The third-order valence-corrected chi connectivity index (χ3v) is 3.37. The standard InChI is InChI=1S/C17H21NO/c1-13-8-9-16(10-14(13)2)17(18)12-19-11-15-6-4-3-5-7-15/h3-10,17H,11-12,18H2,1-2H3. The van der Waals surface area contributed by atoms with Gasteiger partial charge in [-0.1, -0.05) is 48.5 Å². The van der Waals surface area contributed by atoms with E-state index in [9.17, 15) is 0 Å². The maximum atomic E-state index is 6.15. The number of benzene rings is 2. The van der Waals surface area contributed by atoms with E-state index in [1.54, 1.807) is 0 Å². The molecule has 2 aromatic rings. The van der Waals surface area contributed by atoms with Crippen LogP contribution in [-0.2, 0) is 11.3 Å². The molecule has 1 unspecified atom stereocenters. The van der Waals surface area contributed by atoms with Crippen LogP contribution < -0.4 is 5.73 Å². The van der Waals surface area contributed by atoms with Crippen LogP contribution in [-0.4, -0.2) is 6.61 Å². The molecule has 0 spiro atoms. The van der Waals surface area contributed by atoms with Gasteiger partial charge in [0.05, 0.1) is 19.3 Å². The van der Waals surface area contributed by atoms with E-state index in [1.165, 1.54) is 16.7 Å². The number of ether oxygens (including phenoxy) is 1. The van der Waals surface area contributed by atoms with Crippen LogP contribution in [0.4, 0.5) is 0 Å². The van der Waals surface area contributed by atoms with Crippen molar-refractivity contribution in [3.8, 4) is 0 Å². The molecule has 0 aliphatic rings. The number of hydrogen-bond donors (Lipinski definition) is 1. The summed E-state index contributed by atoms with van der Waals surface area (Å²) in [5, 5.41) is 0. The van der Waals surface area contributed by atoms with Crippen molar-refractivity contribution in [1.82, 2.24) is 0 Å². The largest absolute Gasteiger partial charge is 0.375 e. The zero-order valence-electron chi connectivity index (χ0n) is 11.6. The molecule has 0 aromatic heterocycles. The third-order valence-electron chi connectivity index (χ3n) is 3.37. The Kier molecular flexibility index (Phi) is 4.72. The minimum Gasteiger partial charge on any atom is -0.375 e. The lowest BCUT2D eigenvalue weighted by atomic mass is 10.0. The zero-order valence-corrected chi connectivity index (χ0v) is 11.6. The van der Waals surface area contributed by atoms with E-state index >= 15 is 0 Å². The van der Waals surface area contributed by atoms with Gasteiger partial charge in [-0.15, -0.1) is 0 Å². The molecule has 0 amide bonds. The van der Waals surface area contributed by atoms with Gasteiger partial charge in [-0.05, 0) is 36.1 Å². The van der Waals surface area contributed by atoms with Crippen LogP contribution in [0.15, 0.2) is 48.5 Å². The first-order valence-corrected chi connectivity index (χ1v) is 6.61. The highest BCUT2D eigenvalue weighted by molar-refractivity contribution is 5.31. The molecule has 100 valence electrons. The number of rotatable bonds is 5. The fourth-order valence-electron chi connectivity index (χ4n) is 1.97. The first-order valence-electron chi connectivity index (χ1n) is 6.61. The van der Waals surface area contributed by atoms with Crippen molar-refractivity contribution < 1.29 is 4.74 Å². The summed E-state index contributed by atoms with van der Waals surface area (Å²) >= 11 is 0. The Hall–Kier alpha value is -1.64. The summed E-state index contributed by atoms with van der Waals surface area (Å²) in [5.74, 6) is 0. The topological polar surface area (TPSA) is 35.2 Å². The van der Waals surface area contributed by atoms with E-state index in [2.05, 4.69) is 44.2 Å². The Morgan fingerprint density at radius 3 is 2.42 bits per heavy atom. The lowest BCUT2D eigenvalue weighted by molar-refractivity contribution is 0.108. The summed E-state index contributed by atoms with van der Waals surface area (Å²) in [7, 11) is 0. The van der Waals surface area contributed by atoms with E-state index in [-0.39, 0.29) is 6.04 Å². The monoisotopic (exact) mass is 255 g/mol. The molecule has 19 heavy (non-hydrogen) atoms. The van der Waals surface area contributed by atoms with Crippen molar-refractivity contribution in [2.75, 3.05) is 6.61 Å². The molecule has 0 radical (unpaired) electrons. The van der Waals surface area contributed by atoms with Crippen molar-refractivity contribution in [3.05, 3.63) is 70.8 Å². The Bertz CT molecular complexity index is 522. The molecular weight excluding hydrogens is 234 g/mol. The summed E-state index contributed by atoms with van der Waals surface area (Å²) < 4.78 is 5.68. The molecule has 0 bridgehead atoms. The summed E-state index contributed by atoms with van der Waals surface area (Å²) in [4.78, 5) is 0. The first-order chi connectivity index (χ1) is 9.16. The van der Waals surface area contributed by atoms with Crippen molar-refractivity contribution >= 4 is 0 Å². The number of aryl methyl sites for hydroxylation is 2. The van der Waals surface area contributed by atoms with Gasteiger partial charge in [0.15, 0.2) is 0 Å². The molecule has 0 aliphatic heterocycles. The highest BCUT2D eigenvalue weighted by atomic mass is 16.5. The average Bonchev–Trinajstić information content (AvgIpc) is 2.43. The smallest absolute Gasteiger partial charge is 0.0717 e. The van der Waals surface area contributed by atoms with Gasteiger partial charge >= 0.3 is 0 Å². The van der Waals surface area contributed by atoms with Gasteiger partial charge in [-0.25, -0.2) is 0 Å². The van der Waals surface area contributed by atoms with E-state index in [4.69, 9.17) is 10.5 Å². The van der Waals surface area contributed by atoms with Gasteiger partial charge < -0.3 is 10.5 Å². The van der Waals surface area contributed by atoms with Crippen molar-refractivity contribution in [1.29, 1.82) is 0 Å². The summed E-state index contributed by atoms with van der Waals surface area (Å²) in [6, 6.07) is 16.4. The fourth-order valence-corrected chi connectivity index (χ4v) is 1.97. The van der Waals surface area contributed by atoms with Gasteiger partial charge in [0, 0.05) is 0 Å². The van der Waals surface area contributed by atoms with Gasteiger partial charge in [0.25, 0.3) is 0 Å². The summed E-state index contributed by atoms with van der Waals surface area (Å²) in [6.07, 6.45) is 0. The predicted octanol–water partition coefficient (Wildman–Crippen LogP) is 3.52. The maximum absolute atomic E-state index is 6.15. The number of hydrogen-bond acceptors (Lipinski definition) is 2. The Balaban J connectivity index is 1.87. The van der Waals surface area contributed by atoms with E-state index in [0.717, 1.165) is 5.56 Å². The predicted molar refractivity (Wildman–Crippen MR) is 78.9 cm³/mol. The zero-order chi connectivity index (χ0) is 13.7. The highest BCUT2D eigenvalue weighted by Gasteiger charge is 2.07. The average molecular weight is 255 g/mol. The normalized spacial score (nSPS) is 12.4. The van der Waals surface area contributed by atoms with Gasteiger partial charge in [0.2, 0.25) is 0 Å². The van der Waals surface area contributed by atoms with Crippen LogP contribution in [0.2, 0.25) is 0 Å². The van der Waals surface area contributed by atoms with E-state index in [0.29, 0.717) is 13.2 Å². The highest BCUT2D eigenvalue weighted by Crippen LogP contribution is 2.16. The SMILES string of the molecule is Cc1ccc(C(N)COCc2ccccc2)cc1C. The van der Waals surface area contributed by atoms with E-state index < -0.39 is 0 Å². The van der Waals surface area contributed by atoms with Crippen molar-refractivity contribution in [2.45, 2.75) is 26.5 Å².